The van der Waals surface area contributed by atoms with Crippen LogP contribution in [-0.2, 0) is 14.3 Å². The fourth-order valence-electron chi connectivity index (χ4n) is 11.2. The third kappa shape index (κ3) is 9.07. The van der Waals surface area contributed by atoms with E-state index in [1.165, 1.54) is 115 Å². The van der Waals surface area contributed by atoms with Crippen LogP contribution in [-0.4, -0.2) is 18.4 Å². The van der Waals surface area contributed by atoms with Crippen molar-refractivity contribution in [2.24, 2.45) is 52.3 Å². The minimum atomic E-state index is -0.269. The minimum absolute atomic E-state index is 0.0791. The fourth-order valence-corrected chi connectivity index (χ4v) is 11.2. The quantitative estimate of drug-likeness (QED) is 0.0621. The first kappa shape index (κ1) is 36.7. The van der Waals surface area contributed by atoms with Gasteiger partial charge in [-0.15, -0.1) is 0 Å². The topological polar surface area (TPSA) is 43.4 Å². The van der Waals surface area contributed by atoms with E-state index in [-0.39, 0.29) is 23.4 Å². The fraction of sp³-hybridized carbons (Fsp3) is 0.905. The van der Waals surface area contributed by atoms with E-state index in [1.807, 2.05) is 0 Å². The molecule has 0 aromatic rings. The Balaban J connectivity index is 1.25. The lowest BCUT2D eigenvalue weighted by atomic mass is 9.46. The zero-order chi connectivity index (χ0) is 32.5. The van der Waals surface area contributed by atoms with Gasteiger partial charge in [-0.05, 0) is 91.3 Å². The molecule has 0 spiro atoms. The zero-order valence-corrected chi connectivity index (χ0v) is 30.6. The van der Waals surface area contributed by atoms with Crippen LogP contribution in [0.4, 0.5) is 0 Å². The Hall–Kier alpha value is -1.12. The molecular formula is C42H72O3. The van der Waals surface area contributed by atoms with E-state index in [2.05, 4.69) is 47.6 Å². The maximum atomic E-state index is 12.9. The number of aldehydes is 1. The van der Waals surface area contributed by atoms with Crippen molar-refractivity contribution in [3.63, 3.8) is 0 Å². The average molecular weight is 625 g/mol. The molecule has 0 heterocycles. The predicted molar refractivity (Wildman–Crippen MR) is 189 cm³/mol. The molecular weight excluding hydrogens is 552 g/mol. The third-order valence-corrected chi connectivity index (χ3v) is 13.8. The number of allylic oxidation sites excluding steroid dienone is 1. The molecule has 3 fully saturated rings. The highest BCUT2D eigenvalue weighted by Gasteiger charge is 2.60. The molecule has 0 saturated heterocycles. The second-order valence-corrected chi connectivity index (χ2v) is 17.3. The molecule has 0 radical (unpaired) electrons. The molecule has 9 atom stereocenters. The summed E-state index contributed by atoms with van der Waals surface area (Å²) >= 11 is 0. The molecule has 4 aliphatic carbocycles. The third-order valence-electron chi connectivity index (χ3n) is 13.8. The molecule has 4 aliphatic rings. The van der Waals surface area contributed by atoms with Crippen LogP contribution in [0.15, 0.2) is 11.6 Å². The minimum Gasteiger partial charge on any atom is -0.461 e. The van der Waals surface area contributed by atoms with E-state index in [1.54, 1.807) is 0 Å². The lowest BCUT2D eigenvalue weighted by molar-refractivity contribution is -0.156. The van der Waals surface area contributed by atoms with Crippen LogP contribution in [0, 0.1) is 52.3 Å². The van der Waals surface area contributed by atoms with Gasteiger partial charge in [0.15, 0.2) is 0 Å². The first-order valence-corrected chi connectivity index (χ1v) is 20.0. The molecule has 3 saturated carbocycles. The van der Waals surface area contributed by atoms with Crippen LogP contribution >= 0.6 is 0 Å². The summed E-state index contributed by atoms with van der Waals surface area (Å²) in [6.45, 7) is 14.7. The standard InChI is InChI=1S/C42H72O3/c1-7-8-9-10-11-12-13-14-15-16-17-21-40(44)45-39-28-34-22-23-35-37-25-24-36(32(4)20-18-19-31(2)3)41(37,5)27-26-38(35)42(34,6)29-33(39)30-43/h22,30-33,35-39H,7-21,23-29H2,1-6H3/t32-,33?,35+,36-,37+,38+,39-,41-,42+/m1/s1. The number of fused-ring (bicyclic) bond motifs is 5. The summed E-state index contributed by atoms with van der Waals surface area (Å²) in [6.07, 6.45) is 30.4. The van der Waals surface area contributed by atoms with Crippen LogP contribution in [0.25, 0.3) is 0 Å². The van der Waals surface area contributed by atoms with E-state index >= 15 is 0 Å². The van der Waals surface area contributed by atoms with Gasteiger partial charge in [-0.3, -0.25) is 4.79 Å². The Kier molecular flexibility index (Phi) is 14.1. The van der Waals surface area contributed by atoms with Gasteiger partial charge in [-0.2, -0.15) is 0 Å². The van der Waals surface area contributed by atoms with Crippen molar-refractivity contribution in [2.75, 3.05) is 0 Å². The first-order chi connectivity index (χ1) is 21.6. The Bertz CT molecular complexity index is 952. The Morgan fingerprint density at radius 1 is 0.889 bits per heavy atom. The summed E-state index contributed by atoms with van der Waals surface area (Å²) in [5.74, 6) is 4.48. The van der Waals surface area contributed by atoms with Gasteiger partial charge in [-0.1, -0.05) is 137 Å². The van der Waals surface area contributed by atoms with Crippen molar-refractivity contribution in [3.05, 3.63) is 11.6 Å². The van der Waals surface area contributed by atoms with Crippen molar-refractivity contribution in [2.45, 2.75) is 189 Å². The smallest absolute Gasteiger partial charge is 0.306 e. The van der Waals surface area contributed by atoms with Crippen LogP contribution < -0.4 is 0 Å². The molecule has 3 heteroatoms. The van der Waals surface area contributed by atoms with Gasteiger partial charge in [0.1, 0.15) is 12.4 Å². The van der Waals surface area contributed by atoms with Crippen LogP contribution in [0.5, 0.6) is 0 Å². The highest BCUT2D eigenvalue weighted by molar-refractivity contribution is 5.70. The van der Waals surface area contributed by atoms with E-state index in [0.29, 0.717) is 17.8 Å². The number of hydrogen-bond acceptors (Lipinski definition) is 3. The molecule has 0 N–H and O–H groups in total. The Morgan fingerprint density at radius 3 is 2.20 bits per heavy atom. The second kappa shape index (κ2) is 17.3. The summed E-state index contributed by atoms with van der Waals surface area (Å²) in [7, 11) is 0. The molecule has 0 aromatic heterocycles. The van der Waals surface area contributed by atoms with E-state index in [0.717, 1.165) is 61.6 Å². The molecule has 0 aromatic carbocycles. The summed E-state index contributed by atoms with van der Waals surface area (Å²) in [4.78, 5) is 25.3. The maximum Gasteiger partial charge on any atom is 0.306 e. The molecule has 45 heavy (non-hydrogen) atoms. The molecule has 4 rings (SSSR count). The number of carbonyl (C=O) groups excluding carboxylic acids is 2. The van der Waals surface area contributed by atoms with Crippen LogP contribution in [0.3, 0.4) is 0 Å². The Morgan fingerprint density at radius 2 is 1.56 bits per heavy atom. The molecule has 1 unspecified atom stereocenters. The largest absolute Gasteiger partial charge is 0.461 e. The Labute approximate surface area is 278 Å². The zero-order valence-electron chi connectivity index (χ0n) is 30.6. The van der Waals surface area contributed by atoms with Crippen molar-refractivity contribution in [3.8, 4) is 0 Å². The second-order valence-electron chi connectivity index (χ2n) is 17.3. The number of carbonyl (C=O) groups is 2. The summed E-state index contributed by atoms with van der Waals surface area (Å²) in [5.41, 5.74) is 2.05. The van der Waals surface area contributed by atoms with Gasteiger partial charge in [0.2, 0.25) is 0 Å². The van der Waals surface area contributed by atoms with Crippen molar-refractivity contribution in [1.82, 2.24) is 0 Å². The number of rotatable bonds is 19. The molecule has 258 valence electrons. The van der Waals surface area contributed by atoms with Gasteiger partial charge in [0.25, 0.3) is 0 Å². The van der Waals surface area contributed by atoms with Crippen molar-refractivity contribution < 1.29 is 14.3 Å². The number of esters is 1. The highest BCUT2D eigenvalue weighted by Crippen LogP contribution is 2.67. The number of ether oxygens (including phenoxy) is 1. The number of unbranched alkanes of at least 4 members (excludes halogenated alkanes) is 10. The lowest BCUT2D eigenvalue weighted by Gasteiger charge is -2.59. The van der Waals surface area contributed by atoms with Crippen LogP contribution in [0.2, 0.25) is 0 Å². The molecule has 3 nitrogen and oxygen atoms in total. The van der Waals surface area contributed by atoms with Gasteiger partial charge in [0, 0.05) is 12.8 Å². The van der Waals surface area contributed by atoms with E-state index in [9.17, 15) is 9.59 Å². The van der Waals surface area contributed by atoms with Gasteiger partial charge in [-0.25, -0.2) is 0 Å². The van der Waals surface area contributed by atoms with Gasteiger partial charge < -0.3 is 9.53 Å². The lowest BCUT2D eigenvalue weighted by Crippen LogP contribution is -2.52. The SMILES string of the molecule is CCCCCCCCCCCCCC(=O)O[C@@H]1CC2=CC[C@H]3[C@@H]4CC[C@H]([C@H](C)CCCC(C)C)[C@@]4(C)CC[C@@H]3[C@@]2(C)CC1C=O. The average Bonchev–Trinajstić information content (AvgIpc) is 3.37. The predicted octanol–water partition coefficient (Wildman–Crippen LogP) is 12.1. The monoisotopic (exact) mass is 625 g/mol. The van der Waals surface area contributed by atoms with Crippen LogP contribution in [0.1, 0.15) is 183 Å². The summed E-state index contributed by atoms with van der Waals surface area (Å²) in [5, 5.41) is 0. The first-order valence-electron chi connectivity index (χ1n) is 20.0. The van der Waals surface area contributed by atoms with E-state index in [4.69, 9.17) is 4.74 Å². The molecule has 0 amide bonds. The van der Waals surface area contributed by atoms with Gasteiger partial charge in [0.05, 0.1) is 5.92 Å². The number of hydrogen-bond donors (Lipinski definition) is 0. The highest BCUT2D eigenvalue weighted by atomic mass is 16.5. The normalized spacial score (nSPS) is 34.9. The maximum absolute atomic E-state index is 12.9. The van der Waals surface area contributed by atoms with E-state index < -0.39 is 0 Å². The summed E-state index contributed by atoms with van der Waals surface area (Å²) in [6, 6.07) is 0. The van der Waals surface area contributed by atoms with Crippen molar-refractivity contribution in [1.29, 1.82) is 0 Å². The summed E-state index contributed by atoms with van der Waals surface area (Å²) < 4.78 is 6.08. The van der Waals surface area contributed by atoms with Crippen molar-refractivity contribution >= 4 is 12.3 Å². The van der Waals surface area contributed by atoms with Gasteiger partial charge >= 0.3 is 5.97 Å². The molecule has 0 aliphatic heterocycles. The molecule has 0 bridgehead atoms.